The van der Waals surface area contributed by atoms with Crippen molar-refractivity contribution in [3.05, 3.63) is 107 Å². The lowest BCUT2D eigenvalue weighted by molar-refractivity contribution is 0.102. The smallest absolute Gasteiger partial charge is 0.257 e. The van der Waals surface area contributed by atoms with Crippen LogP contribution < -0.4 is 5.32 Å². The zero-order valence-electron chi connectivity index (χ0n) is 18.8. The van der Waals surface area contributed by atoms with Gasteiger partial charge in [0.15, 0.2) is 11.6 Å². The predicted octanol–water partition coefficient (Wildman–Crippen LogP) is 6.35. The molecule has 35 heavy (non-hydrogen) atoms. The zero-order valence-corrected chi connectivity index (χ0v) is 18.8. The lowest BCUT2D eigenvalue weighted by atomic mass is 9.99. The fraction of sp³-hybridized carbons (Fsp3) is 0.0741. The van der Waals surface area contributed by atoms with Crippen molar-refractivity contribution in [3.8, 4) is 22.5 Å². The van der Waals surface area contributed by atoms with E-state index in [-0.39, 0.29) is 17.3 Å². The van der Waals surface area contributed by atoms with Crippen molar-refractivity contribution in [3.63, 3.8) is 0 Å². The number of nitrogens with zero attached hydrogens (tertiary/aromatic N) is 3. The van der Waals surface area contributed by atoms with Crippen LogP contribution in [0.2, 0.25) is 0 Å². The summed E-state index contributed by atoms with van der Waals surface area (Å²) in [6.45, 7) is 3.63. The Morgan fingerprint density at radius 2 is 1.71 bits per heavy atom. The molecule has 1 amide bonds. The molecule has 0 unspecified atom stereocenters. The summed E-state index contributed by atoms with van der Waals surface area (Å²) in [5, 5.41) is 2.75. The molecule has 0 saturated heterocycles. The molecule has 5 rings (SSSR count). The largest absolute Gasteiger partial charge is 0.322 e. The van der Waals surface area contributed by atoms with Gasteiger partial charge in [-0.2, -0.15) is 0 Å². The number of aryl methyl sites for hydroxylation is 2. The highest BCUT2D eigenvalue weighted by Crippen LogP contribution is 2.33. The van der Waals surface area contributed by atoms with Gasteiger partial charge in [0.2, 0.25) is 0 Å². The molecule has 0 saturated carbocycles. The number of pyridine rings is 2. The Labute approximate surface area is 198 Å². The van der Waals surface area contributed by atoms with Crippen LogP contribution in [0.15, 0.2) is 73.2 Å². The molecule has 5 nitrogen and oxygen atoms in total. The number of hydrogen-bond donors (Lipinski definition) is 1. The van der Waals surface area contributed by atoms with Crippen LogP contribution in [0, 0.1) is 31.3 Å². The fourth-order valence-electron chi connectivity index (χ4n) is 4.05. The second-order valence-electron chi connectivity index (χ2n) is 8.13. The number of benzene rings is 2. The highest BCUT2D eigenvalue weighted by atomic mass is 19.2. The molecule has 0 bridgehead atoms. The summed E-state index contributed by atoms with van der Waals surface area (Å²) in [6, 6.07) is 13.0. The molecule has 2 aromatic carbocycles. The molecule has 0 spiro atoms. The summed E-state index contributed by atoms with van der Waals surface area (Å²) < 4.78 is 43.2. The maximum Gasteiger partial charge on any atom is 0.257 e. The van der Waals surface area contributed by atoms with Crippen LogP contribution in [0.1, 0.15) is 21.6 Å². The Kier molecular flexibility index (Phi) is 5.56. The van der Waals surface area contributed by atoms with E-state index >= 15 is 0 Å². The number of aromatic nitrogens is 3. The fourth-order valence-corrected chi connectivity index (χ4v) is 4.05. The summed E-state index contributed by atoms with van der Waals surface area (Å²) in [6.07, 6.45) is 4.98. The highest BCUT2D eigenvalue weighted by Gasteiger charge is 2.19. The van der Waals surface area contributed by atoms with Crippen LogP contribution in [-0.4, -0.2) is 20.3 Å². The molecule has 8 heteroatoms. The molecule has 5 aromatic rings. The van der Waals surface area contributed by atoms with E-state index in [1.807, 2.05) is 13.0 Å². The van der Waals surface area contributed by atoms with E-state index in [1.165, 1.54) is 36.4 Å². The predicted molar refractivity (Wildman–Crippen MR) is 128 cm³/mol. The van der Waals surface area contributed by atoms with Crippen molar-refractivity contribution in [1.29, 1.82) is 0 Å². The third-order valence-corrected chi connectivity index (χ3v) is 5.84. The average molecular weight is 472 g/mol. The summed E-state index contributed by atoms with van der Waals surface area (Å²) in [5.74, 6) is -2.45. The van der Waals surface area contributed by atoms with Gasteiger partial charge in [-0.05, 0) is 67.9 Å². The van der Waals surface area contributed by atoms with Crippen molar-refractivity contribution >= 4 is 17.1 Å². The van der Waals surface area contributed by atoms with E-state index in [2.05, 4.69) is 15.3 Å². The first-order valence-electron chi connectivity index (χ1n) is 10.8. The van der Waals surface area contributed by atoms with Crippen molar-refractivity contribution in [1.82, 2.24) is 14.4 Å². The van der Waals surface area contributed by atoms with E-state index in [9.17, 15) is 18.0 Å². The Morgan fingerprint density at radius 3 is 2.49 bits per heavy atom. The van der Waals surface area contributed by atoms with Gasteiger partial charge in [-0.3, -0.25) is 14.2 Å². The Hall–Kier alpha value is -4.46. The maximum atomic E-state index is 14.5. The Balaban J connectivity index is 1.59. The Morgan fingerprint density at radius 1 is 0.943 bits per heavy atom. The quantitative estimate of drug-likeness (QED) is 0.332. The van der Waals surface area contributed by atoms with Crippen LogP contribution in [0.25, 0.3) is 28.0 Å². The van der Waals surface area contributed by atoms with E-state index in [0.29, 0.717) is 28.0 Å². The summed E-state index contributed by atoms with van der Waals surface area (Å²) >= 11 is 0. The first-order chi connectivity index (χ1) is 16.8. The molecule has 1 N–H and O–H groups in total. The van der Waals surface area contributed by atoms with Gasteiger partial charge in [0.1, 0.15) is 11.6 Å². The summed E-state index contributed by atoms with van der Waals surface area (Å²) in [5.41, 5.74) is 4.33. The number of rotatable bonds is 4. The summed E-state index contributed by atoms with van der Waals surface area (Å²) in [4.78, 5) is 21.7. The standard InChI is InChI=1S/C27H19F3N4O/c1-15-10-11-34-23(14-32-26(34)20-4-3-5-22(29)25(20)30)24(15)17-12-21(16(2)31-13-17)27(35)33-19-8-6-18(28)7-9-19/h3-14H,1-2H3,(H,33,35). The number of carbonyl (C=O) groups excluding carboxylic acids is 1. The molecule has 3 heterocycles. The number of amides is 1. The van der Waals surface area contributed by atoms with E-state index in [1.54, 1.807) is 36.0 Å². The number of imidazole rings is 1. The van der Waals surface area contributed by atoms with Gasteiger partial charge in [-0.25, -0.2) is 18.2 Å². The lowest BCUT2D eigenvalue weighted by Crippen LogP contribution is -2.14. The van der Waals surface area contributed by atoms with Crippen molar-refractivity contribution < 1.29 is 18.0 Å². The van der Waals surface area contributed by atoms with Gasteiger partial charge in [-0.1, -0.05) is 6.07 Å². The minimum Gasteiger partial charge on any atom is -0.322 e. The second-order valence-corrected chi connectivity index (χ2v) is 8.13. The van der Waals surface area contributed by atoms with Gasteiger partial charge in [0, 0.05) is 29.2 Å². The number of halogens is 3. The summed E-state index contributed by atoms with van der Waals surface area (Å²) in [7, 11) is 0. The molecular weight excluding hydrogens is 453 g/mol. The first-order valence-corrected chi connectivity index (χ1v) is 10.8. The van der Waals surface area contributed by atoms with Crippen LogP contribution in [-0.2, 0) is 0 Å². The maximum absolute atomic E-state index is 14.5. The molecule has 0 aliphatic rings. The van der Waals surface area contributed by atoms with Crippen molar-refractivity contribution in [2.45, 2.75) is 13.8 Å². The highest BCUT2D eigenvalue weighted by molar-refractivity contribution is 6.06. The molecular formula is C27H19F3N4O. The van der Waals surface area contributed by atoms with Crippen LogP contribution in [0.4, 0.5) is 18.9 Å². The number of hydrogen-bond acceptors (Lipinski definition) is 3. The van der Waals surface area contributed by atoms with Gasteiger partial charge >= 0.3 is 0 Å². The minimum atomic E-state index is -0.973. The SMILES string of the molecule is Cc1ccn2c(-c3cccc(F)c3F)ncc2c1-c1cnc(C)c(C(=O)Nc2ccc(F)cc2)c1. The van der Waals surface area contributed by atoms with Gasteiger partial charge < -0.3 is 5.32 Å². The molecule has 174 valence electrons. The first kappa shape index (κ1) is 22.3. The number of carbonyl (C=O) groups is 1. The number of fused-ring (bicyclic) bond motifs is 1. The van der Waals surface area contributed by atoms with Gasteiger partial charge in [0.25, 0.3) is 5.91 Å². The normalized spacial score (nSPS) is 11.1. The van der Waals surface area contributed by atoms with E-state index in [0.717, 1.165) is 17.2 Å². The topological polar surface area (TPSA) is 59.3 Å². The monoisotopic (exact) mass is 472 g/mol. The Bertz CT molecular complexity index is 1590. The van der Waals surface area contributed by atoms with E-state index in [4.69, 9.17) is 0 Å². The minimum absolute atomic E-state index is 0.0428. The van der Waals surface area contributed by atoms with Crippen LogP contribution >= 0.6 is 0 Å². The van der Waals surface area contributed by atoms with Gasteiger partial charge in [0.05, 0.1) is 28.5 Å². The molecule has 0 aliphatic heterocycles. The lowest BCUT2D eigenvalue weighted by Gasteiger charge is -2.13. The molecule has 0 atom stereocenters. The molecule has 0 aliphatic carbocycles. The number of anilines is 1. The number of nitrogens with one attached hydrogen (secondary N) is 1. The molecule has 0 fully saturated rings. The van der Waals surface area contributed by atoms with E-state index < -0.39 is 17.5 Å². The molecule has 0 radical (unpaired) electrons. The third kappa shape index (κ3) is 4.03. The molecule has 3 aromatic heterocycles. The second kappa shape index (κ2) is 8.72. The third-order valence-electron chi connectivity index (χ3n) is 5.84. The van der Waals surface area contributed by atoms with Gasteiger partial charge in [-0.15, -0.1) is 0 Å². The van der Waals surface area contributed by atoms with Crippen LogP contribution in [0.3, 0.4) is 0 Å². The average Bonchev–Trinajstić information content (AvgIpc) is 3.26. The zero-order chi connectivity index (χ0) is 24.7. The van der Waals surface area contributed by atoms with Crippen molar-refractivity contribution in [2.24, 2.45) is 0 Å². The van der Waals surface area contributed by atoms with Crippen LogP contribution in [0.5, 0.6) is 0 Å². The van der Waals surface area contributed by atoms with Crippen molar-refractivity contribution in [2.75, 3.05) is 5.32 Å².